The standard InChI is InChI=1S/C47H78N2O11S/c1-30-24-35(15-13-22-61-23-21-48(5)6)40(51)29-39(50)33(4)43(31(2)26-34-14-12-16-36(28-34)56-7)59-46(54)38-17-10-11-20-49(38)45(53)44(52)47(55)32(3)27-42(58-9)41(60-47)19-18-37(25-30)57-8/h24,26,32-39,41-43,50,55H,10-23,25,27-29H2,1-9H3/b30-24+,31-26+/t32-,33-,34+,35-,36+,37-,38+,39+,41-,42+,43-,47-/m1/s1. The van der Waals surface area contributed by atoms with Crippen molar-refractivity contribution in [3.8, 4) is 0 Å². The summed E-state index contributed by atoms with van der Waals surface area (Å²) in [6.07, 6.45) is 8.98. The van der Waals surface area contributed by atoms with Gasteiger partial charge in [0.2, 0.25) is 5.79 Å². The van der Waals surface area contributed by atoms with Crippen LogP contribution in [-0.2, 0) is 42.9 Å². The molecule has 1 aliphatic carbocycles. The van der Waals surface area contributed by atoms with Gasteiger partial charge in [-0.1, -0.05) is 38.0 Å². The molecule has 3 aliphatic heterocycles. The van der Waals surface area contributed by atoms with E-state index < -0.39 is 71.7 Å². The maximum Gasteiger partial charge on any atom is 0.329 e. The number of allylic oxidation sites excluding steroid dienone is 2. The molecule has 4 rings (SSSR count). The predicted octanol–water partition coefficient (Wildman–Crippen LogP) is 5.92. The molecule has 2 N–H and O–H groups in total. The Hall–Kier alpha value is -2.17. The van der Waals surface area contributed by atoms with Gasteiger partial charge in [0.25, 0.3) is 11.7 Å². The fraction of sp³-hybridized carbons (Fsp3) is 0.830. The lowest BCUT2D eigenvalue weighted by Gasteiger charge is -2.45. The number of hydrogen-bond donors (Lipinski definition) is 2. The third-order valence-corrected chi connectivity index (χ3v) is 14.6. The number of methoxy groups -OCH3 is 3. The number of piperidine rings is 1. The summed E-state index contributed by atoms with van der Waals surface area (Å²) in [5, 5.41) is 23.9. The Balaban J connectivity index is 1.73. The summed E-state index contributed by atoms with van der Waals surface area (Å²) >= 11 is 1.86. The van der Waals surface area contributed by atoms with Crippen LogP contribution in [0.25, 0.3) is 0 Å². The molecule has 3 fully saturated rings. The highest BCUT2D eigenvalue weighted by atomic mass is 32.2. The van der Waals surface area contributed by atoms with Crippen LogP contribution < -0.4 is 0 Å². The van der Waals surface area contributed by atoms with E-state index in [4.69, 9.17) is 23.7 Å². The summed E-state index contributed by atoms with van der Waals surface area (Å²) in [4.78, 5) is 60.5. The van der Waals surface area contributed by atoms with E-state index in [1.165, 1.54) is 4.90 Å². The first kappa shape index (κ1) is 51.5. The number of rotatable bonds is 12. The molecule has 0 unspecified atom stereocenters. The van der Waals surface area contributed by atoms with Crippen LogP contribution in [0, 0.1) is 23.7 Å². The number of fused-ring (bicyclic) bond motifs is 3. The number of carbonyl (C=O) groups is 4. The molecule has 61 heavy (non-hydrogen) atoms. The summed E-state index contributed by atoms with van der Waals surface area (Å²) < 4.78 is 30.0. The third kappa shape index (κ3) is 14.4. The van der Waals surface area contributed by atoms with Crippen molar-refractivity contribution >= 4 is 35.2 Å². The van der Waals surface area contributed by atoms with Gasteiger partial charge in [-0.2, -0.15) is 11.8 Å². The van der Waals surface area contributed by atoms with Crippen LogP contribution in [-0.4, -0.2) is 152 Å². The smallest absolute Gasteiger partial charge is 0.329 e. The normalized spacial score (nSPS) is 36.8. The quantitative estimate of drug-likeness (QED) is 0.103. The highest BCUT2D eigenvalue weighted by molar-refractivity contribution is 7.99. The summed E-state index contributed by atoms with van der Waals surface area (Å²) in [6.45, 7) is 8.45. The molecule has 0 aromatic carbocycles. The second-order valence-corrected chi connectivity index (χ2v) is 19.8. The van der Waals surface area contributed by atoms with Crippen molar-refractivity contribution < 1.29 is 53.1 Å². The Labute approximate surface area is 370 Å². The first-order chi connectivity index (χ1) is 29.0. The van der Waals surface area contributed by atoms with Crippen molar-refractivity contribution in [2.45, 2.75) is 166 Å². The molecular weight excluding hydrogens is 801 g/mol. The molecule has 14 heteroatoms. The van der Waals surface area contributed by atoms with Gasteiger partial charge >= 0.3 is 5.97 Å². The van der Waals surface area contributed by atoms with Crippen molar-refractivity contribution in [3.63, 3.8) is 0 Å². The van der Waals surface area contributed by atoms with Crippen LogP contribution >= 0.6 is 11.8 Å². The summed E-state index contributed by atoms with van der Waals surface area (Å²) in [6, 6.07) is -1.09. The minimum atomic E-state index is -2.43. The van der Waals surface area contributed by atoms with E-state index in [9.17, 15) is 29.4 Å². The molecule has 0 spiro atoms. The van der Waals surface area contributed by atoms with Crippen LogP contribution in [0.3, 0.4) is 0 Å². The Morgan fingerprint density at radius 2 is 1.69 bits per heavy atom. The molecule has 13 nitrogen and oxygen atoms in total. The van der Waals surface area contributed by atoms with E-state index in [-0.39, 0.29) is 49.7 Å². The second kappa shape index (κ2) is 24.8. The van der Waals surface area contributed by atoms with Gasteiger partial charge in [-0.25, -0.2) is 4.79 Å². The van der Waals surface area contributed by atoms with Gasteiger partial charge in [0, 0.05) is 64.3 Å². The molecular formula is C47H78N2O11S. The monoisotopic (exact) mass is 879 g/mol. The van der Waals surface area contributed by atoms with Gasteiger partial charge in [0.05, 0.1) is 30.5 Å². The average molecular weight is 879 g/mol. The zero-order valence-corrected chi connectivity index (χ0v) is 39.4. The zero-order valence-electron chi connectivity index (χ0n) is 38.6. The molecule has 0 radical (unpaired) electrons. The minimum Gasteiger partial charge on any atom is -0.456 e. The number of aliphatic hydroxyl groups excluding tert-OH is 1. The number of esters is 1. The maximum absolute atomic E-state index is 14.4. The number of ether oxygens (including phenoxy) is 5. The minimum absolute atomic E-state index is 0.0757. The highest BCUT2D eigenvalue weighted by Gasteiger charge is 2.55. The van der Waals surface area contributed by atoms with Crippen molar-refractivity contribution in [1.82, 2.24) is 9.80 Å². The van der Waals surface area contributed by atoms with Crippen molar-refractivity contribution in [2.24, 2.45) is 23.7 Å². The number of cyclic esters (lactones) is 1. The second-order valence-electron chi connectivity index (χ2n) is 18.6. The summed E-state index contributed by atoms with van der Waals surface area (Å²) in [5.41, 5.74) is 1.73. The molecule has 2 saturated heterocycles. The number of ketones is 2. The van der Waals surface area contributed by atoms with Gasteiger partial charge in [0.15, 0.2) is 0 Å². The Morgan fingerprint density at radius 1 is 0.951 bits per heavy atom. The van der Waals surface area contributed by atoms with Gasteiger partial charge in [0.1, 0.15) is 17.9 Å². The van der Waals surface area contributed by atoms with Gasteiger partial charge in [-0.3, -0.25) is 14.4 Å². The molecule has 3 heterocycles. The first-order valence-electron chi connectivity index (χ1n) is 22.9. The lowest BCUT2D eigenvalue weighted by Crippen LogP contribution is -2.63. The van der Waals surface area contributed by atoms with Crippen LogP contribution in [0.4, 0.5) is 0 Å². The molecule has 0 aromatic heterocycles. The van der Waals surface area contributed by atoms with Crippen LogP contribution in [0.1, 0.15) is 118 Å². The van der Waals surface area contributed by atoms with Gasteiger partial charge in [-0.05, 0) is 122 Å². The van der Waals surface area contributed by atoms with E-state index in [0.717, 1.165) is 61.3 Å². The van der Waals surface area contributed by atoms with Crippen LogP contribution in [0.2, 0.25) is 0 Å². The van der Waals surface area contributed by atoms with Crippen molar-refractivity contribution in [1.29, 1.82) is 0 Å². The van der Waals surface area contributed by atoms with E-state index in [1.807, 2.05) is 31.7 Å². The number of aliphatic hydroxyl groups is 2. The highest BCUT2D eigenvalue weighted by Crippen LogP contribution is 2.38. The number of hydrogen-bond acceptors (Lipinski definition) is 13. The van der Waals surface area contributed by atoms with Crippen LogP contribution in [0.5, 0.6) is 0 Å². The van der Waals surface area contributed by atoms with Crippen molar-refractivity contribution in [2.75, 3.05) is 60.0 Å². The molecule has 2 bridgehead atoms. The molecule has 1 saturated carbocycles. The number of thioether (sulfide) groups is 1. The maximum atomic E-state index is 14.4. The van der Waals surface area contributed by atoms with Crippen LogP contribution in [0.15, 0.2) is 23.3 Å². The number of carbonyl (C=O) groups excluding carboxylic acids is 4. The first-order valence-corrected chi connectivity index (χ1v) is 24.0. The lowest BCUT2D eigenvalue weighted by molar-refractivity contribution is -0.287. The largest absolute Gasteiger partial charge is 0.456 e. The SMILES string of the molecule is CO[C@@H]1CC[C@H]2O[C@@](O)(C(=O)C(=O)N3CCCC[C@H]3C(=O)O[C@H](/C(C)=C/[C@@H]3CCC[C@H](OC)C3)[C@H](C)[C@@H](O)CC(=O)[C@H](CCCSCCN(C)C)/C=C(\C)C1)[C@H](C)C[C@@H]2OC. The Morgan fingerprint density at radius 3 is 2.38 bits per heavy atom. The van der Waals surface area contributed by atoms with E-state index >= 15 is 0 Å². The molecule has 348 valence electrons. The zero-order chi connectivity index (χ0) is 44.9. The Bertz CT molecular complexity index is 1510. The molecule has 1 amide bonds. The fourth-order valence-corrected chi connectivity index (χ4v) is 10.7. The summed E-state index contributed by atoms with van der Waals surface area (Å²) in [7, 11) is 9.03. The average Bonchev–Trinajstić information content (AvgIpc) is 3.24. The summed E-state index contributed by atoms with van der Waals surface area (Å²) in [5.74, 6) is -5.12. The van der Waals surface area contributed by atoms with Crippen molar-refractivity contribution in [3.05, 3.63) is 23.3 Å². The number of nitrogens with zero attached hydrogens (tertiary/aromatic N) is 2. The topological polar surface area (TPSA) is 161 Å². The van der Waals surface area contributed by atoms with Gasteiger partial charge in [-0.15, -0.1) is 0 Å². The number of Topliss-reactive ketones (excluding diaryl/α,β-unsaturated/α-hetero) is 2. The lowest BCUT2D eigenvalue weighted by atomic mass is 9.82. The predicted molar refractivity (Wildman–Crippen MR) is 237 cm³/mol. The fourth-order valence-electron chi connectivity index (χ4n) is 9.65. The van der Waals surface area contributed by atoms with Gasteiger partial charge < -0.3 is 43.7 Å². The number of amides is 1. The Kier molecular flexibility index (Phi) is 20.9. The third-order valence-electron chi connectivity index (χ3n) is 13.6. The van der Waals surface area contributed by atoms with E-state index in [0.29, 0.717) is 38.5 Å². The molecule has 0 aromatic rings. The molecule has 12 atom stereocenters. The van der Waals surface area contributed by atoms with E-state index in [2.05, 4.69) is 25.1 Å². The van der Waals surface area contributed by atoms with E-state index in [1.54, 1.807) is 35.2 Å². The molecule has 4 aliphatic rings.